The third kappa shape index (κ3) is 4.26. The van der Waals surface area contributed by atoms with Crippen LogP contribution in [0.1, 0.15) is 15.9 Å². The molecule has 1 amide bonds. The molecule has 0 saturated carbocycles. The summed E-state index contributed by atoms with van der Waals surface area (Å²) in [4.78, 5) is 34.1. The molecule has 0 unspecified atom stereocenters. The highest BCUT2D eigenvalue weighted by Crippen LogP contribution is 2.13. The monoisotopic (exact) mass is 326 g/mol. The van der Waals surface area contributed by atoms with Gasteiger partial charge in [0.15, 0.2) is 0 Å². The second-order valence-corrected chi connectivity index (χ2v) is 4.72. The smallest absolute Gasteiger partial charge is 0.354 e. The van der Waals surface area contributed by atoms with Gasteiger partial charge in [-0.1, -0.05) is 30.3 Å². The minimum Gasteiger partial charge on any atom is -0.464 e. The standard InChI is InChI=1S/C17H14N2O5/c1-24-17(21)15(11-12-5-3-2-4-6-12)18-16(20)13-7-9-14(10-8-13)19(22)23/h2-11H,1H3,(H,18,20)/b15-11-. The summed E-state index contributed by atoms with van der Waals surface area (Å²) in [6.45, 7) is 0. The molecule has 7 heteroatoms. The average molecular weight is 326 g/mol. The number of methoxy groups -OCH3 is 1. The van der Waals surface area contributed by atoms with Crippen LogP contribution in [0.3, 0.4) is 0 Å². The van der Waals surface area contributed by atoms with Gasteiger partial charge >= 0.3 is 5.97 Å². The number of rotatable bonds is 5. The average Bonchev–Trinajstić information content (AvgIpc) is 2.61. The maximum Gasteiger partial charge on any atom is 0.354 e. The van der Waals surface area contributed by atoms with Crippen LogP contribution in [0.4, 0.5) is 5.69 Å². The predicted octanol–water partition coefficient (Wildman–Crippen LogP) is 2.54. The van der Waals surface area contributed by atoms with Crippen LogP contribution in [0.15, 0.2) is 60.3 Å². The van der Waals surface area contributed by atoms with Crippen molar-refractivity contribution in [3.63, 3.8) is 0 Å². The fourth-order valence-electron chi connectivity index (χ4n) is 1.90. The van der Waals surface area contributed by atoms with E-state index in [-0.39, 0.29) is 16.9 Å². The number of carbonyl (C=O) groups excluding carboxylic acids is 2. The lowest BCUT2D eigenvalue weighted by molar-refractivity contribution is -0.384. The molecule has 0 aliphatic heterocycles. The molecule has 2 rings (SSSR count). The molecule has 2 aromatic carbocycles. The van der Waals surface area contributed by atoms with Gasteiger partial charge in [-0.2, -0.15) is 0 Å². The molecule has 0 atom stereocenters. The van der Waals surface area contributed by atoms with Gasteiger partial charge in [0.05, 0.1) is 12.0 Å². The molecule has 0 spiro atoms. The van der Waals surface area contributed by atoms with Gasteiger partial charge in [-0.05, 0) is 23.8 Å². The van der Waals surface area contributed by atoms with E-state index < -0.39 is 16.8 Å². The Morgan fingerprint density at radius 1 is 1.08 bits per heavy atom. The van der Waals surface area contributed by atoms with Crippen LogP contribution in [0.5, 0.6) is 0 Å². The lowest BCUT2D eigenvalue weighted by atomic mass is 10.1. The highest BCUT2D eigenvalue weighted by atomic mass is 16.6. The summed E-state index contributed by atoms with van der Waals surface area (Å²) in [5, 5.41) is 13.1. The Bertz CT molecular complexity index is 782. The summed E-state index contributed by atoms with van der Waals surface area (Å²) in [7, 11) is 1.21. The molecule has 0 saturated heterocycles. The quantitative estimate of drug-likeness (QED) is 0.394. The first-order valence-corrected chi connectivity index (χ1v) is 6.92. The number of ether oxygens (including phenoxy) is 1. The van der Waals surface area contributed by atoms with Crippen LogP contribution in [-0.2, 0) is 9.53 Å². The number of amides is 1. The molecule has 0 bridgehead atoms. The number of nitro benzene ring substituents is 1. The zero-order valence-corrected chi connectivity index (χ0v) is 12.8. The number of carbonyl (C=O) groups is 2. The van der Waals surface area contributed by atoms with Crippen molar-refractivity contribution in [1.29, 1.82) is 0 Å². The molecular weight excluding hydrogens is 312 g/mol. The Hall–Kier alpha value is -3.48. The number of nitrogens with zero attached hydrogens (tertiary/aromatic N) is 1. The molecule has 1 N–H and O–H groups in total. The third-order valence-corrected chi connectivity index (χ3v) is 3.10. The van der Waals surface area contributed by atoms with Crippen LogP contribution in [0.25, 0.3) is 6.08 Å². The van der Waals surface area contributed by atoms with Crippen molar-refractivity contribution in [3.8, 4) is 0 Å². The number of nitrogens with one attached hydrogen (secondary N) is 1. The Morgan fingerprint density at radius 3 is 2.25 bits per heavy atom. The fraction of sp³-hybridized carbons (Fsp3) is 0.0588. The van der Waals surface area contributed by atoms with Crippen molar-refractivity contribution in [2.45, 2.75) is 0 Å². The molecule has 0 aliphatic carbocycles. The number of benzene rings is 2. The second-order valence-electron chi connectivity index (χ2n) is 4.72. The largest absolute Gasteiger partial charge is 0.464 e. The lowest BCUT2D eigenvalue weighted by Crippen LogP contribution is -2.28. The molecular formula is C17H14N2O5. The van der Waals surface area contributed by atoms with E-state index in [4.69, 9.17) is 0 Å². The van der Waals surface area contributed by atoms with Gasteiger partial charge in [-0.25, -0.2) is 4.79 Å². The van der Waals surface area contributed by atoms with Crippen molar-refractivity contribution < 1.29 is 19.2 Å². The van der Waals surface area contributed by atoms with Crippen LogP contribution < -0.4 is 5.32 Å². The molecule has 24 heavy (non-hydrogen) atoms. The second kappa shape index (κ2) is 7.68. The SMILES string of the molecule is COC(=O)/C(=C/c1ccccc1)NC(=O)c1ccc([N+](=O)[O-])cc1. The van der Waals surface area contributed by atoms with E-state index in [1.165, 1.54) is 37.5 Å². The molecule has 122 valence electrons. The topological polar surface area (TPSA) is 98.5 Å². The summed E-state index contributed by atoms with van der Waals surface area (Å²) >= 11 is 0. The fourth-order valence-corrected chi connectivity index (χ4v) is 1.90. The minimum absolute atomic E-state index is 0.0351. The van der Waals surface area contributed by atoms with Gasteiger partial charge in [0.2, 0.25) is 0 Å². The molecule has 0 aromatic heterocycles. The van der Waals surface area contributed by atoms with Gasteiger partial charge in [0.25, 0.3) is 11.6 Å². The number of hydrogen-bond acceptors (Lipinski definition) is 5. The first kappa shape index (κ1) is 16.9. The van der Waals surface area contributed by atoms with E-state index in [1.54, 1.807) is 24.3 Å². The minimum atomic E-state index is -0.700. The Kier molecular flexibility index (Phi) is 5.40. The number of hydrogen-bond donors (Lipinski definition) is 1. The number of esters is 1. The van der Waals surface area contributed by atoms with Crippen LogP contribution >= 0.6 is 0 Å². The van der Waals surface area contributed by atoms with Gasteiger partial charge in [0, 0.05) is 17.7 Å². The molecule has 0 aliphatic rings. The maximum atomic E-state index is 12.2. The van der Waals surface area contributed by atoms with E-state index in [1.807, 2.05) is 6.07 Å². The number of non-ortho nitro benzene ring substituents is 1. The molecule has 0 radical (unpaired) electrons. The van der Waals surface area contributed by atoms with Crippen molar-refractivity contribution in [2.24, 2.45) is 0 Å². The van der Waals surface area contributed by atoms with Gasteiger partial charge in [-0.3, -0.25) is 14.9 Å². The van der Waals surface area contributed by atoms with Crippen molar-refractivity contribution in [2.75, 3.05) is 7.11 Å². The zero-order chi connectivity index (χ0) is 17.5. The zero-order valence-electron chi connectivity index (χ0n) is 12.8. The van der Waals surface area contributed by atoms with E-state index in [9.17, 15) is 19.7 Å². The third-order valence-electron chi connectivity index (χ3n) is 3.10. The highest BCUT2D eigenvalue weighted by molar-refractivity contribution is 6.03. The van der Waals surface area contributed by atoms with Crippen molar-refractivity contribution in [1.82, 2.24) is 5.32 Å². The van der Waals surface area contributed by atoms with Crippen LogP contribution in [-0.4, -0.2) is 23.9 Å². The maximum absolute atomic E-state index is 12.2. The Morgan fingerprint density at radius 2 is 1.71 bits per heavy atom. The van der Waals surface area contributed by atoms with E-state index in [0.717, 1.165) is 0 Å². The molecule has 0 heterocycles. The van der Waals surface area contributed by atoms with E-state index in [0.29, 0.717) is 5.56 Å². The predicted molar refractivity (Wildman–Crippen MR) is 87.0 cm³/mol. The van der Waals surface area contributed by atoms with Crippen molar-refractivity contribution >= 4 is 23.6 Å². The Labute approximate surface area is 137 Å². The van der Waals surface area contributed by atoms with E-state index in [2.05, 4.69) is 10.1 Å². The van der Waals surface area contributed by atoms with Crippen molar-refractivity contribution in [3.05, 3.63) is 81.5 Å². The summed E-state index contributed by atoms with van der Waals surface area (Å²) < 4.78 is 4.66. The number of nitro groups is 1. The summed E-state index contributed by atoms with van der Waals surface area (Å²) in [5.41, 5.74) is 0.733. The van der Waals surface area contributed by atoms with E-state index >= 15 is 0 Å². The summed E-state index contributed by atoms with van der Waals surface area (Å²) in [6.07, 6.45) is 1.48. The first-order valence-electron chi connectivity index (χ1n) is 6.92. The van der Waals surface area contributed by atoms with Gasteiger partial charge < -0.3 is 10.1 Å². The normalized spacial score (nSPS) is 10.8. The summed E-state index contributed by atoms with van der Waals surface area (Å²) in [6, 6.07) is 14.0. The highest BCUT2D eigenvalue weighted by Gasteiger charge is 2.16. The van der Waals surface area contributed by atoms with Gasteiger partial charge in [-0.15, -0.1) is 0 Å². The Balaban J connectivity index is 2.23. The molecule has 0 fully saturated rings. The molecule has 2 aromatic rings. The lowest BCUT2D eigenvalue weighted by Gasteiger charge is -2.08. The van der Waals surface area contributed by atoms with Crippen LogP contribution in [0.2, 0.25) is 0 Å². The van der Waals surface area contributed by atoms with Gasteiger partial charge in [0.1, 0.15) is 5.70 Å². The first-order chi connectivity index (χ1) is 11.5. The molecule has 7 nitrogen and oxygen atoms in total. The summed E-state index contributed by atoms with van der Waals surface area (Å²) in [5.74, 6) is -1.27. The van der Waals surface area contributed by atoms with Crippen LogP contribution in [0, 0.1) is 10.1 Å².